The van der Waals surface area contributed by atoms with Gasteiger partial charge in [0.25, 0.3) is 5.91 Å². The number of benzene rings is 2. The van der Waals surface area contributed by atoms with Crippen LogP contribution in [-0.2, 0) is 16.1 Å². The summed E-state index contributed by atoms with van der Waals surface area (Å²) in [5.74, 6) is 0.814. The molecule has 0 aromatic heterocycles. The molecule has 1 heterocycles. The molecule has 0 unspecified atom stereocenters. The van der Waals surface area contributed by atoms with Crippen molar-refractivity contribution in [3.8, 4) is 11.5 Å². The maximum atomic E-state index is 12.5. The van der Waals surface area contributed by atoms with Crippen LogP contribution in [0.5, 0.6) is 11.5 Å². The fraction of sp³-hybridized carbons (Fsp3) is 0.300. The molecule has 1 aliphatic rings. The summed E-state index contributed by atoms with van der Waals surface area (Å²) in [6.45, 7) is 1.88. The van der Waals surface area contributed by atoms with Gasteiger partial charge in [-0.05, 0) is 37.1 Å². The van der Waals surface area contributed by atoms with Crippen LogP contribution in [-0.4, -0.2) is 39.0 Å². The summed E-state index contributed by atoms with van der Waals surface area (Å²) in [7, 11) is 3.04. The fourth-order valence-corrected chi connectivity index (χ4v) is 3.51. The number of methoxy groups -OCH3 is 2. The number of carbonyl (C=O) groups is 1. The Morgan fingerprint density at radius 3 is 2.81 bits per heavy atom. The molecular weight excluding hydrogens is 368 g/mol. The maximum absolute atomic E-state index is 12.5. The van der Waals surface area contributed by atoms with Crippen LogP contribution >= 0.6 is 11.6 Å². The Balaban J connectivity index is 1.63. The van der Waals surface area contributed by atoms with Crippen molar-refractivity contribution in [2.75, 3.05) is 25.7 Å². The summed E-state index contributed by atoms with van der Waals surface area (Å²) in [5.41, 5.74) is 2.78. The van der Waals surface area contributed by atoms with E-state index in [1.165, 1.54) is 26.0 Å². The van der Waals surface area contributed by atoms with Gasteiger partial charge in [0.15, 0.2) is 18.1 Å². The second kappa shape index (κ2) is 8.31. The SMILES string of the molecule is COc1cc(/C=N\OCC(=O)N2c3ccccc3C[C@H]2C)cc(Cl)c1OC. The quantitative estimate of drug-likeness (QED) is 0.559. The van der Waals surface area contributed by atoms with Crippen LogP contribution < -0.4 is 14.4 Å². The van der Waals surface area contributed by atoms with Crippen LogP contribution in [0.15, 0.2) is 41.6 Å². The number of carbonyl (C=O) groups excluding carboxylic acids is 1. The van der Waals surface area contributed by atoms with Crippen molar-refractivity contribution in [2.45, 2.75) is 19.4 Å². The molecule has 7 heteroatoms. The molecule has 1 atom stereocenters. The van der Waals surface area contributed by atoms with E-state index in [-0.39, 0.29) is 18.6 Å². The normalized spacial score (nSPS) is 15.7. The van der Waals surface area contributed by atoms with Crippen molar-refractivity contribution in [3.63, 3.8) is 0 Å². The predicted octanol–water partition coefficient (Wildman–Crippen LogP) is 3.69. The zero-order valence-electron chi connectivity index (χ0n) is 15.4. The van der Waals surface area contributed by atoms with Gasteiger partial charge in [-0.1, -0.05) is 35.0 Å². The van der Waals surface area contributed by atoms with Crippen LogP contribution in [0.4, 0.5) is 5.69 Å². The van der Waals surface area contributed by atoms with E-state index in [0.29, 0.717) is 22.1 Å². The van der Waals surface area contributed by atoms with E-state index in [1.54, 1.807) is 17.0 Å². The second-order valence-electron chi connectivity index (χ2n) is 6.19. The summed E-state index contributed by atoms with van der Waals surface area (Å²) < 4.78 is 10.4. The zero-order chi connectivity index (χ0) is 19.4. The number of hydrogen-bond donors (Lipinski definition) is 0. The van der Waals surface area contributed by atoms with Gasteiger partial charge in [-0.15, -0.1) is 0 Å². The number of anilines is 1. The number of para-hydroxylation sites is 1. The van der Waals surface area contributed by atoms with E-state index in [9.17, 15) is 4.79 Å². The number of ether oxygens (including phenoxy) is 2. The molecule has 0 bridgehead atoms. The first kappa shape index (κ1) is 19.0. The lowest BCUT2D eigenvalue weighted by Gasteiger charge is -2.21. The van der Waals surface area contributed by atoms with Gasteiger partial charge < -0.3 is 19.2 Å². The molecule has 0 saturated heterocycles. The van der Waals surface area contributed by atoms with Crippen molar-refractivity contribution in [1.29, 1.82) is 0 Å². The number of hydrogen-bond acceptors (Lipinski definition) is 5. The number of halogens is 1. The van der Waals surface area contributed by atoms with Crippen LogP contribution in [0.2, 0.25) is 5.02 Å². The lowest BCUT2D eigenvalue weighted by molar-refractivity contribution is -0.123. The third-order valence-electron chi connectivity index (χ3n) is 4.40. The molecule has 1 amide bonds. The molecule has 3 rings (SSSR count). The Morgan fingerprint density at radius 2 is 2.07 bits per heavy atom. The monoisotopic (exact) mass is 388 g/mol. The van der Waals surface area contributed by atoms with Gasteiger partial charge in [0.2, 0.25) is 0 Å². The summed E-state index contributed by atoms with van der Waals surface area (Å²) >= 11 is 6.16. The van der Waals surface area contributed by atoms with Crippen molar-refractivity contribution in [2.24, 2.45) is 5.16 Å². The lowest BCUT2D eigenvalue weighted by Crippen LogP contribution is -2.37. The highest BCUT2D eigenvalue weighted by molar-refractivity contribution is 6.32. The van der Waals surface area contributed by atoms with E-state index in [0.717, 1.165) is 12.1 Å². The number of fused-ring (bicyclic) bond motifs is 1. The number of amides is 1. The van der Waals surface area contributed by atoms with Gasteiger partial charge in [-0.3, -0.25) is 4.79 Å². The molecule has 0 radical (unpaired) electrons. The molecular formula is C20H21ClN2O4. The Kier molecular flexibility index (Phi) is 5.86. The average molecular weight is 389 g/mol. The van der Waals surface area contributed by atoms with Crippen molar-refractivity contribution in [1.82, 2.24) is 0 Å². The molecule has 0 fully saturated rings. The zero-order valence-corrected chi connectivity index (χ0v) is 16.2. The highest BCUT2D eigenvalue weighted by atomic mass is 35.5. The van der Waals surface area contributed by atoms with Crippen molar-refractivity contribution < 1.29 is 19.1 Å². The van der Waals surface area contributed by atoms with Crippen molar-refractivity contribution >= 4 is 29.4 Å². The molecule has 1 aliphatic heterocycles. The smallest absolute Gasteiger partial charge is 0.268 e. The highest BCUT2D eigenvalue weighted by Crippen LogP contribution is 2.35. The Bertz CT molecular complexity index is 869. The molecule has 2 aromatic carbocycles. The Labute approximate surface area is 163 Å². The van der Waals surface area contributed by atoms with E-state index < -0.39 is 0 Å². The average Bonchev–Trinajstić information content (AvgIpc) is 3.00. The van der Waals surface area contributed by atoms with Gasteiger partial charge in [-0.25, -0.2) is 0 Å². The molecule has 142 valence electrons. The Hall–Kier alpha value is -2.73. The van der Waals surface area contributed by atoms with E-state index in [4.69, 9.17) is 25.9 Å². The minimum Gasteiger partial charge on any atom is -0.493 e. The molecule has 27 heavy (non-hydrogen) atoms. The predicted molar refractivity (Wildman–Crippen MR) is 105 cm³/mol. The molecule has 0 spiro atoms. The van der Waals surface area contributed by atoms with Crippen molar-refractivity contribution in [3.05, 3.63) is 52.5 Å². The number of rotatable bonds is 6. The van der Waals surface area contributed by atoms with Gasteiger partial charge in [0, 0.05) is 17.3 Å². The largest absolute Gasteiger partial charge is 0.493 e. The van der Waals surface area contributed by atoms with Gasteiger partial charge in [0.1, 0.15) is 0 Å². The third-order valence-corrected chi connectivity index (χ3v) is 4.68. The van der Waals surface area contributed by atoms with E-state index in [2.05, 4.69) is 5.16 Å². The number of oxime groups is 1. The topological polar surface area (TPSA) is 60.4 Å². The second-order valence-corrected chi connectivity index (χ2v) is 6.60. The molecule has 6 nitrogen and oxygen atoms in total. The van der Waals surface area contributed by atoms with Gasteiger partial charge in [0.05, 0.1) is 25.5 Å². The minimum atomic E-state index is -0.143. The Morgan fingerprint density at radius 1 is 1.30 bits per heavy atom. The lowest BCUT2D eigenvalue weighted by atomic mass is 10.1. The van der Waals surface area contributed by atoms with Crippen LogP contribution in [0, 0.1) is 0 Å². The molecule has 0 saturated carbocycles. The summed E-state index contributed by atoms with van der Waals surface area (Å²) in [6, 6.07) is 11.4. The molecule has 2 aromatic rings. The minimum absolute atomic E-state index is 0.104. The number of nitrogens with zero attached hydrogens (tertiary/aromatic N) is 2. The van der Waals surface area contributed by atoms with E-state index >= 15 is 0 Å². The first-order chi connectivity index (χ1) is 13.0. The standard InChI is InChI=1S/C20H21ClN2O4/c1-13-8-15-6-4-5-7-17(15)23(13)19(24)12-27-22-11-14-9-16(21)20(26-3)18(10-14)25-2/h4-7,9-11,13H,8,12H2,1-3H3/b22-11-/t13-/m1/s1. The van der Waals surface area contributed by atoms with Crippen LogP contribution in [0.3, 0.4) is 0 Å². The van der Waals surface area contributed by atoms with Crippen LogP contribution in [0.1, 0.15) is 18.1 Å². The first-order valence-corrected chi connectivity index (χ1v) is 8.89. The highest BCUT2D eigenvalue weighted by Gasteiger charge is 2.30. The summed E-state index contributed by atoms with van der Waals surface area (Å²) in [6.07, 6.45) is 2.32. The van der Waals surface area contributed by atoms with Gasteiger partial charge >= 0.3 is 0 Å². The maximum Gasteiger partial charge on any atom is 0.268 e. The molecule has 0 N–H and O–H groups in total. The molecule has 0 aliphatic carbocycles. The van der Waals surface area contributed by atoms with Gasteiger partial charge in [-0.2, -0.15) is 0 Å². The van der Waals surface area contributed by atoms with E-state index in [1.807, 2.05) is 31.2 Å². The summed E-state index contributed by atoms with van der Waals surface area (Å²) in [4.78, 5) is 19.5. The fourth-order valence-electron chi connectivity index (χ4n) is 3.22. The summed E-state index contributed by atoms with van der Waals surface area (Å²) in [5, 5.41) is 4.28. The van der Waals surface area contributed by atoms with Crippen LogP contribution in [0.25, 0.3) is 0 Å². The first-order valence-electron chi connectivity index (χ1n) is 8.52. The third kappa shape index (κ3) is 4.01.